The molecule has 2 aromatic rings. The monoisotopic (exact) mass is 337 g/mol. The molecular formula is C10H6ClF2N3O2S2. The Kier molecular flexibility index (Phi) is 4.73. The molecule has 1 aromatic heterocycles. The van der Waals surface area contributed by atoms with Gasteiger partial charge in [-0.25, -0.2) is 8.78 Å². The third kappa shape index (κ3) is 3.78. The van der Waals surface area contributed by atoms with Gasteiger partial charge < -0.3 is 10.4 Å². The smallest absolute Gasteiger partial charge is 0.313 e. The highest BCUT2D eigenvalue weighted by Gasteiger charge is 2.13. The Morgan fingerprint density at radius 1 is 1.45 bits per heavy atom. The predicted molar refractivity (Wildman–Crippen MR) is 72.9 cm³/mol. The molecular weight excluding hydrogens is 332 g/mol. The van der Waals surface area contributed by atoms with Crippen molar-refractivity contribution >= 4 is 51.5 Å². The highest BCUT2D eigenvalue weighted by Crippen LogP contribution is 2.32. The van der Waals surface area contributed by atoms with Crippen LogP contribution in [0, 0.1) is 11.6 Å². The van der Waals surface area contributed by atoms with Crippen molar-refractivity contribution in [3.63, 3.8) is 0 Å². The Morgan fingerprint density at radius 3 is 2.85 bits per heavy atom. The van der Waals surface area contributed by atoms with Crippen molar-refractivity contribution in [2.75, 3.05) is 11.1 Å². The highest BCUT2D eigenvalue weighted by atomic mass is 35.5. The molecule has 0 fully saturated rings. The van der Waals surface area contributed by atoms with Gasteiger partial charge in [-0.2, -0.15) is 0 Å². The Bertz CT molecular complexity index is 630. The number of benzene rings is 1. The second-order valence-corrected chi connectivity index (χ2v) is 6.03. The number of aliphatic carboxylic acids is 1. The van der Waals surface area contributed by atoms with Gasteiger partial charge in [-0.15, -0.1) is 10.2 Å². The third-order valence-electron chi connectivity index (χ3n) is 1.96. The molecule has 1 heterocycles. The van der Waals surface area contributed by atoms with E-state index < -0.39 is 17.6 Å². The Morgan fingerprint density at radius 2 is 2.20 bits per heavy atom. The summed E-state index contributed by atoms with van der Waals surface area (Å²) in [6, 6.07) is 1.66. The fourth-order valence-electron chi connectivity index (χ4n) is 1.21. The molecule has 2 rings (SSSR count). The molecule has 0 bridgehead atoms. The summed E-state index contributed by atoms with van der Waals surface area (Å²) in [5, 5.41) is 18.7. The molecule has 0 aliphatic rings. The van der Waals surface area contributed by atoms with Crippen molar-refractivity contribution in [2.24, 2.45) is 0 Å². The number of hydrogen-bond donors (Lipinski definition) is 2. The van der Waals surface area contributed by atoms with Crippen LogP contribution < -0.4 is 5.32 Å². The van der Waals surface area contributed by atoms with Crippen LogP contribution in [0.5, 0.6) is 0 Å². The molecule has 0 unspecified atom stereocenters. The summed E-state index contributed by atoms with van der Waals surface area (Å²) in [6.45, 7) is 0. The lowest BCUT2D eigenvalue weighted by Crippen LogP contribution is -1.96. The molecule has 0 saturated heterocycles. The molecule has 106 valence electrons. The van der Waals surface area contributed by atoms with Crippen LogP contribution >= 0.6 is 34.7 Å². The van der Waals surface area contributed by atoms with Crippen LogP contribution in [0.4, 0.5) is 19.6 Å². The minimum atomic E-state index is -0.979. The van der Waals surface area contributed by atoms with E-state index >= 15 is 0 Å². The van der Waals surface area contributed by atoms with Crippen molar-refractivity contribution in [2.45, 2.75) is 4.34 Å². The number of nitrogens with zero attached hydrogens (tertiary/aromatic N) is 2. The summed E-state index contributed by atoms with van der Waals surface area (Å²) in [6.07, 6.45) is 0. The maximum Gasteiger partial charge on any atom is 0.313 e. The number of rotatable bonds is 5. The maximum atomic E-state index is 13.5. The first-order valence-electron chi connectivity index (χ1n) is 5.05. The van der Waals surface area contributed by atoms with Crippen molar-refractivity contribution < 1.29 is 18.7 Å². The largest absolute Gasteiger partial charge is 0.481 e. The Balaban J connectivity index is 2.13. The van der Waals surface area contributed by atoms with Crippen molar-refractivity contribution in [3.05, 3.63) is 28.8 Å². The SMILES string of the molecule is O=C(O)CSc1nnc(Nc2c(F)cc(F)cc2Cl)s1. The van der Waals surface area contributed by atoms with Crippen molar-refractivity contribution in [1.29, 1.82) is 0 Å². The van der Waals surface area contributed by atoms with E-state index in [1.54, 1.807) is 0 Å². The quantitative estimate of drug-likeness (QED) is 0.815. The number of halogens is 3. The average Bonchev–Trinajstić information content (AvgIpc) is 2.79. The normalized spacial score (nSPS) is 10.6. The van der Waals surface area contributed by atoms with Gasteiger partial charge in [0.2, 0.25) is 5.13 Å². The number of hydrogen-bond acceptors (Lipinski definition) is 6. The van der Waals surface area contributed by atoms with E-state index in [2.05, 4.69) is 15.5 Å². The summed E-state index contributed by atoms with van der Waals surface area (Å²) in [5.41, 5.74) is -0.112. The zero-order valence-corrected chi connectivity index (χ0v) is 12.0. The minimum Gasteiger partial charge on any atom is -0.481 e. The van der Waals surface area contributed by atoms with Crippen LogP contribution in [0.1, 0.15) is 0 Å². The fourth-order valence-corrected chi connectivity index (χ4v) is 2.93. The first-order valence-corrected chi connectivity index (χ1v) is 7.23. The molecule has 10 heteroatoms. The average molecular weight is 338 g/mol. The summed E-state index contributed by atoms with van der Waals surface area (Å²) in [7, 11) is 0. The molecule has 5 nitrogen and oxygen atoms in total. The van der Waals surface area contributed by atoms with E-state index in [-0.39, 0.29) is 21.6 Å². The van der Waals surface area contributed by atoms with Gasteiger partial charge in [-0.05, 0) is 6.07 Å². The van der Waals surface area contributed by atoms with Crippen molar-refractivity contribution in [3.8, 4) is 0 Å². The van der Waals surface area contributed by atoms with Gasteiger partial charge in [0.15, 0.2) is 10.2 Å². The van der Waals surface area contributed by atoms with Crippen LogP contribution in [-0.4, -0.2) is 27.0 Å². The van der Waals surface area contributed by atoms with E-state index in [1.807, 2.05) is 0 Å². The number of carboxylic acids is 1. The van der Waals surface area contributed by atoms with Gasteiger partial charge in [0.25, 0.3) is 0 Å². The third-order valence-corrected chi connectivity index (χ3v) is 4.22. The second kappa shape index (κ2) is 6.33. The second-order valence-electron chi connectivity index (χ2n) is 3.42. The summed E-state index contributed by atoms with van der Waals surface area (Å²) >= 11 is 7.75. The molecule has 0 aliphatic carbocycles. The summed E-state index contributed by atoms with van der Waals surface area (Å²) in [5.74, 6) is -2.77. The van der Waals surface area contributed by atoms with Gasteiger partial charge in [0, 0.05) is 6.07 Å². The molecule has 0 spiro atoms. The predicted octanol–water partition coefficient (Wildman–Crippen LogP) is 3.39. The van der Waals surface area contributed by atoms with E-state index in [1.165, 1.54) is 0 Å². The number of thioether (sulfide) groups is 1. The van der Waals surface area contributed by atoms with E-state index in [9.17, 15) is 13.6 Å². The van der Waals surface area contributed by atoms with Gasteiger partial charge in [0.1, 0.15) is 5.82 Å². The number of carbonyl (C=O) groups is 1. The zero-order chi connectivity index (χ0) is 14.7. The lowest BCUT2D eigenvalue weighted by molar-refractivity contribution is -0.133. The Hall–Kier alpha value is -1.45. The minimum absolute atomic E-state index is 0.112. The first-order chi connectivity index (χ1) is 9.45. The number of carboxylic acid groups (broad SMARTS) is 1. The van der Waals surface area contributed by atoms with Crippen LogP contribution in [0.15, 0.2) is 16.5 Å². The molecule has 1 aromatic carbocycles. The first kappa shape index (κ1) is 14.9. The van der Waals surface area contributed by atoms with E-state index in [0.717, 1.165) is 29.2 Å². The van der Waals surface area contributed by atoms with Crippen LogP contribution in [-0.2, 0) is 4.79 Å². The summed E-state index contributed by atoms with van der Waals surface area (Å²) in [4.78, 5) is 10.4. The molecule has 0 aliphatic heterocycles. The molecule has 2 N–H and O–H groups in total. The van der Waals surface area contributed by atoms with Crippen LogP contribution in [0.25, 0.3) is 0 Å². The molecule has 0 atom stereocenters. The van der Waals surface area contributed by atoms with Crippen LogP contribution in [0.3, 0.4) is 0 Å². The zero-order valence-electron chi connectivity index (χ0n) is 9.56. The fraction of sp³-hybridized carbons (Fsp3) is 0.100. The van der Waals surface area contributed by atoms with Gasteiger partial charge in [-0.3, -0.25) is 4.79 Å². The number of anilines is 2. The van der Waals surface area contributed by atoms with Crippen LogP contribution in [0.2, 0.25) is 5.02 Å². The topological polar surface area (TPSA) is 75.1 Å². The summed E-state index contributed by atoms with van der Waals surface area (Å²) < 4.78 is 26.8. The lowest BCUT2D eigenvalue weighted by atomic mass is 10.3. The standard InChI is InChI=1S/C10H6ClF2N3O2S2/c11-5-1-4(12)2-6(13)8(5)14-9-15-16-10(20-9)19-3-7(17)18/h1-2H,3H2,(H,14,15)(H,17,18). The molecule has 0 saturated carbocycles. The van der Waals surface area contributed by atoms with Gasteiger partial charge in [-0.1, -0.05) is 34.7 Å². The van der Waals surface area contributed by atoms with Crippen molar-refractivity contribution in [1.82, 2.24) is 10.2 Å². The Labute approximate surface area is 125 Å². The molecule has 20 heavy (non-hydrogen) atoms. The van der Waals surface area contributed by atoms with E-state index in [0.29, 0.717) is 10.4 Å². The van der Waals surface area contributed by atoms with E-state index in [4.69, 9.17) is 16.7 Å². The number of aromatic nitrogens is 2. The van der Waals surface area contributed by atoms with Gasteiger partial charge in [0.05, 0.1) is 16.5 Å². The molecule has 0 radical (unpaired) electrons. The number of nitrogens with one attached hydrogen (secondary N) is 1. The lowest BCUT2D eigenvalue weighted by Gasteiger charge is -2.06. The highest BCUT2D eigenvalue weighted by molar-refractivity contribution is 8.01. The maximum absolute atomic E-state index is 13.5. The molecule has 0 amide bonds. The van der Waals surface area contributed by atoms with Gasteiger partial charge >= 0.3 is 5.97 Å².